The Morgan fingerprint density at radius 1 is 1.16 bits per heavy atom. The summed E-state index contributed by atoms with van der Waals surface area (Å²) in [6, 6.07) is 7.23. The maximum absolute atomic E-state index is 13.5. The van der Waals surface area contributed by atoms with Crippen molar-refractivity contribution in [3.05, 3.63) is 59.1 Å². The first-order valence-corrected chi connectivity index (χ1v) is 10.5. The number of hydrogen-bond donors (Lipinski definition) is 3. The summed E-state index contributed by atoms with van der Waals surface area (Å²) in [6.07, 6.45) is 5.00. The second-order valence-corrected chi connectivity index (χ2v) is 8.67. The minimum atomic E-state index is -0.785. The Kier molecular flexibility index (Phi) is 5.85. The van der Waals surface area contributed by atoms with Crippen molar-refractivity contribution in [1.29, 1.82) is 0 Å². The molecule has 2 bridgehead atoms. The van der Waals surface area contributed by atoms with Gasteiger partial charge in [-0.1, -0.05) is 11.6 Å². The van der Waals surface area contributed by atoms with E-state index in [2.05, 4.69) is 15.6 Å². The molecular formula is C22H23ClFN3O4. The van der Waals surface area contributed by atoms with E-state index < -0.39 is 23.0 Å². The van der Waals surface area contributed by atoms with Crippen molar-refractivity contribution in [2.75, 3.05) is 6.61 Å². The minimum absolute atomic E-state index is 0.0198. The third kappa shape index (κ3) is 4.50. The highest BCUT2D eigenvalue weighted by molar-refractivity contribution is 6.30. The number of halogens is 2. The lowest BCUT2D eigenvalue weighted by Gasteiger charge is -2.56. The quantitative estimate of drug-likeness (QED) is 0.632. The lowest BCUT2D eigenvalue weighted by atomic mass is 9.60. The highest BCUT2D eigenvalue weighted by Gasteiger charge is 2.55. The Morgan fingerprint density at radius 2 is 1.87 bits per heavy atom. The van der Waals surface area contributed by atoms with E-state index >= 15 is 0 Å². The molecule has 1 aromatic heterocycles. The molecule has 1 aromatic carbocycles. The summed E-state index contributed by atoms with van der Waals surface area (Å²) in [7, 11) is 0. The molecule has 3 fully saturated rings. The van der Waals surface area contributed by atoms with Crippen LogP contribution < -0.4 is 15.4 Å². The molecule has 3 N–H and O–H groups in total. The molecule has 9 heteroatoms. The smallest absolute Gasteiger partial charge is 0.258 e. The average molecular weight is 448 g/mol. The van der Waals surface area contributed by atoms with Crippen LogP contribution in [0, 0.1) is 5.82 Å². The van der Waals surface area contributed by atoms with Gasteiger partial charge in [0.15, 0.2) is 6.61 Å². The van der Waals surface area contributed by atoms with Crippen molar-refractivity contribution < 1.29 is 23.8 Å². The van der Waals surface area contributed by atoms with Gasteiger partial charge in [-0.3, -0.25) is 14.6 Å². The van der Waals surface area contributed by atoms with Crippen LogP contribution in [0.2, 0.25) is 5.02 Å². The third-order valence-corrected chi connectivity index (χ3v) is 6.60. The lowest BCUT2D eigenvalue weighted by molar-refractivity contribution is -0.129. The van der Waals surface area contributed by atoms with Gasteiger partial charge in [-0.25, -0.2) is 4.39 Å². The van der Waals surface area contributed by atoms with Crippen molar-refractivity contribution in [3.63, 3.8) is 0 Å². The summed E-state index contributed by atoms with van der Waals surface area (Å²) in [6.45, 7) is -0.275. The number of ether oxygens (including phenoxy) is 1. The van der Waals surface area contributed by atoms with Crippen LogP contribution in [0.1, 0.15) is 42.5 Å². The number of carbonyl (C=O) groups excluding carboxylic acids is 2. The van der Waals surface area contributed by atoms with Gasteiger partial charge in [0.1, 0.15) is 11.6 Å². The molecular weight excluding hydrogens is 425 g/mol. The summed E-state index contributed by atoms with van der Waals surface area (Å²) in [5.74, 6) is -1.01. The van der Waals surface area contributed by atoms with Crippen LogP contribution in [0.4, 0.5) is 4.39 Å². The van der Waals surface area contributed by atoms with Crippen LogP contribution in [0.25, 0.3) is 0 Å². The fourth-order valence-corrected chi connectivity index (χ4v) is 4.63. The van der Waals surface area contributed by atoms with Crippen LogP contribution in [0.15, 0.2) is 42.7 Å². The molecule has 0 spiro atoms. The third-order valence-electron chi connectivity index (χ3n) is 6.29. The number of rotatable bonds is 6. The van der Waals surface area contributed by atoms with Crippen molar-refractivity contribution in [2.24, 2.45) is 0 Å². The van der Waals surface area contributed by atoms with Crippen molar-refractivity contribution in [2.45, 2.75) is 49.3 Å². The van der Waals surface area contributed by atoms with Crippen LogP contribution >= 0.6 is 11.6 Å². The monoisotopic (exact) mass is 447 g/mol. The highest BCUT2D eigenvalue weighted by Crippen LogP contribution is 2.47. The molecule has 2 aromatic rings. The molecule has 3 aliphatic carbocycles. The molecule has 1 atom stereocenters. The first kappa shape index (κ1) is 21.5. The molecule has 0 radical (unpaired) electrons. The van der Waals surface area contributed by atoms with Gasteiger partial charge >= 0.3 is 0 Å². The second-order valence-electron chi connectivity index (χ2n) is 8.26. The van der Waals surface area contributed by atoms with Gasteiger partial charge in [0, 0.05) is 29.6 Å². The molecule has 3 saturated carbocycles. The SMILES string of the molecule is O=C(COc1ccc(Cl)c(F)c1)NC12CCC(NC(=O)c3ccncc3)(CC1)[C@@H](O)C2. The van der Waals surface area contributed by atoms with Gasteiger partial charge in [-0.2, -0.15) is 0 Å². The van der Waals surface area contributed by atoms with Crippen molar-refractivity contribution in [1.82, 2.24) is 15.6 Å². The van der Waals surface area contributed by atoms with E-state index in [0.717, 1.165) is 6.07 Å². The number of fused-ring (bicyclic) bond motifs is 3. The normalized spacial score (nSPS) is 26.9. The summed E-state index contributed by atoms with van der Waals surface area (Å²) < 4.78 is 18.9. The van der Waals surface area contributed by atoms with Gasteiger partial charge in [-0.05, 0) is 56.4 Å². The highest BCUT2D eigenvalue weighted by atomic mass is 35.5. The second kappa shape index (κ2) is 8.43. The first-order valence-electron chi connectivity index (χ1n) is 10.1. The topological polar surface area (TPSA) is 101 Å². The number of amides is 2. The number of hydrogen-bond acceptors (Lipinski definition) is 5. The van der Waals surface area contributed by atoms with Crippen LogP contribution in [0.3, 0.4) is 0 Å². The summed E-state index contributed by atoms with van der Waals surface area (Å²) in [5.41, 5.74) is -0.763. The largest absolute Gasteiger partial charge is 0.484 e. The van der Waals surface area contributed by atoms with E-state index in [9.17, 15) is 19.1 Å². The van der Waals surface area contributed by atoms with E-state index in [1.54, 1.807) is 24.5 Å². The number of nitrogens with one attached hydrogen (secondary N) is 2. The Balaban J connectivity index is 1.34. The summed E-state index contributed by atoms with van der Waals surface area (Å²) >= 11 is 5.64. The number of aliphatic hydroxyl groups excluding tert-OH is 1. The van der Waals surface area contributed by atoms with Crippen molar-refractivity contribution >= 4 is 23.4 Å². The Hall–Kier alpha value is -2.71. The summed E-state index contributed by atoms with van der Waals surface area (Å²) in [4.78, 5) is 29.0. The van der Waals surface area contributed by atoms with Crippen LogP contribution in [0.5, 0.6) is 5.75 Å². The number of carbonyl (C=O) groups is 2. The maximum atomic E-state index is 13.5. The minimum Gasteiger partial charge on any atom is -0.484 e. The number of benzene rings is 1. The molecule has 2 amide bonds. The predicted molar refractivity (Wildman–Crippen MR) is 111 cm³/mol. The van der Waals surface area contributed by atoms with E-state index in [1.807, 2.05) is 0 Å². The molecule has 3 aliphatic rings. The van der Waals surface area contributed by atoms with Crippen LogP contribution in [-0.2, 0) is 4.79 Å². The Morgan fingerprint density at radius 3 is 2.52 bits per heavy atom. The number of nitrogens with zero attached hydrogens (tertiary/aromatic N) is 1. The van der Waals surface area contributed by atoms with E-state index in [1.165, 1.54) is 12.1 Å². The molecule has 5 rings (SSSR count). The Labute approximate surface area is 184 Å². The van der Waals surface area contributed by atoms with E-state index in [0.29, 0.717) is 37.7 Å². The fraction of sp³-hybridized carbons (Fsp3) is 0.409. The number of aromatic nitrogens is 1. The number of pyridine rings is 1. The molecule has 0 aliphatic heterocycles. The van der Waals surface area contributed by atoms with E-state index in [-0.39, 0.29) is 29.2 Å². The molecule has 164 valence electrons. The molecule has 31 heavy (non-hydrogen) atoms. The first-order chi connectivity index (χ1) is 14.8. The predicted octanol–water partition coefficient (Wildman–Crippen LogP) is 2.62. The zero-order valence-electron chi connectivity index (χ0n) is 16.7. The van der Waals surface area contributed by atoms with Gasteiger partial charge in [0.2, 0.25) is 0 Å². The zero-order chi connectivity index (χ0) is 22.1. The maximum Gasteiger partial charge on any atom is 0.258 e. The average Bonchev–Trinajstić information content (AvgIpc) is 2.76. The summed E-state index contributed by atoms with van der Waals surface area (Å²) in [5, 5.41) is 16.8. The lowest BCUT2D eigenvalue weighted by Crippen LogP contribution is -2.70. The van der Waals surface area contributed by atoms with Crippen molar-refractivity contribution in [3.8, 4) is 5.75 Å². The van der Waals surface area contributed by atoms with Gasteiger partial charge < -0.3 is 20.5 Å². The van der Waals surface area contributed by atoms with Crippen LogP contribution in [-0.4, -0.2) is 45.7 Å². The fourth-order valence-electron chi connectivity index (χ4n) is 4.51. The van der Waals surface area contributed by atoms with Gasteiger partial charge in [0.05, 0.1) is 16.7 Å². The Bertz CT molecular complexity index is 980. The van der Waals surface area contributed by atoms with Gasteiger partial charge in [-0.15, -0.1) is 0 Å². The number of aliphatic hydroxyl groups is 1. The molecule has 1 heterocycles. The standard InChI is InChI=1S/C22H23ClFN3O4/c23-16-2-1-15(11-17(16)24)31-13-19(29)26-21-5-7-22(8-6-21,18(28)12-21)27-20(30)14-3-9-25-10-4-14/h1-4,9-11,18,28H,5-8,12-13H2,(H,26,29)(H,27,30)/t18-,21?,22?/m0/s1. The molecule has 0 saturated heterocycles. The van der Waals surface area contributed by atoms with Gasteiger partial charge in [0.25, 0.3) is 11.8 Å². The molecule has 0 unspecified atom stereocenters. The zero-order valence-corrected chi connectivity index (χ0v) is 17.5. The van der Waals surface area contributed by atoms with E-state index in [4.69, 9.17) is 16.3 Å². The molecule has 7 nitrogen and oxygen atoms in total.